The Morgan fingerprint density at radius 3 is 2.92 bits per heavy atom. The molecule has 1 saturated heterocycles. The number of hydrogen-bond donors (Lipinski definition) is 2. The summed E-state index contributed by atoms with van der Waals surface area (Å²) in [6.45, 7) is 4.04. The van der Waals surface area contributed by atoms with Crippen LogP contribution in [0.4, 0.5) is 0 Å². The van der Waals surface area contributed by atoms with Gasteiger partial charge in [0.25, 0.3) is 0 Å². The van der Waals surface area contributed by atoms with Crippen molar-refractivity contribution in [3.8, 4) is 0 Å². The van der Waals surface area contributed by atoms with Crippen LogP contribution in [0.25, 0.3) is 11.0 Å². The smallest absolute Gasteiger partial charge is 0.246 e. The number of carbonyl (C=O) groups excluding carboxylic acids is 1. The summed E-state index contributed by atoms with van der Waals surface area (Å²) >= 11 is 0.963. The maximum atomic E-state index is 13.3. The molecule has 24 heavy (non-hydrogen) atoms. The second kappa shape index (κ2) is 6.36. The summed E-state index contributed by atoms with van der Waals surface area (Å²) in [5.74, 6) is -0.324. The van der Waals surface area contributed by atoms with E-state index in [2.05, 4.69) is 14.1 Å². The highest BCUT2D eigenvalue weighted by atomic mass is 32.2. The van der Waals surface area contributed by atoms with Crippen molar-refractivity contribution in [1.29, 1.82) is 0 Å². The van der Waals surface area contributed by atoms with Crippen LogP contribution in [0.2, 0.25) is 0 Å². The molecule has 2 aromatic rings. The van der Waals surface area contributed by atoms with Crippen molar-refractivity contribution in [2.45, 2.75) is 37.2 Å². The van der Waals surface area contributed by atoms with E-state index in [9.17, 15) is 13.2 Å². The molecule has 3 rings (SSSR count). The molecule has 1 aromatic carbocycles. The minimum atomic E-state index is -3.91. The van der Waals surface area contributed by atoms with Gasteiger partial charge in [0.2, 0.25) is 15.9 Å². The van der Waals surface area contributed by atoms with Crippen molar-refractivity contribution >= 4 is 38.7 Å². The minimum absolute atomic E-state index is 0.108. The highest BCUT2D eigenvalue weighted by Crippen LogP contribution is 2.32. The first-order valence-electron chi connectivity index (χ1n) is 7.63. The SMILES string of the molecule is CCNC(=O)[C@@H]1C[C@@H](N)CN1S(=O)(=O)c1c(C)ccc2nsnc12. The minimum Gasteiger partial charge on any atom is -0.355 e. The average molecular weight is 369 g/mol. The third-order valence-corrected chi connectivity index (χ3v) is 6.68. The molecule has 1 amide bonds. The molecule has 1 aliphatic rings. The molecule has 0 aliphatic carbocycles. The van der Waals surface area contributed by atoms with Crippen molar-refractivity contribution in [1.82, 2.24) is 18.4 Å². The Morgan fingerprint density at radius 2 is 2.21 bits per heavy atom. The van der Waals surface area contributed by atoms with Crippen LogP contribution < -0.4 is 11.1 Å². The van der Waals surface area contributed by atoms with E-state index in [0.29, 0.717) is 29.6 Å². The average Bonchev–Trinajstić information content (AvgIpc) is 3.13. The number of nitrogens with one attached hydrogen (secondary N) is 1. The summed E-state index contributed by atoms with van der Waals surface area (Å²) in [6.07, 6.45) is 0.301. The van der Waals surface area contributed by atoms with E-state index in [1.54, 1.807) is 26.0 Å². The van der Waals surface area contributed by atoms with Crippen molar-refractivity contribution in [2.24, 2.45) is 5.73 Å². The molecule has 3 N–H and O–H groups in total. The normalized spacial score (nSPS) is 22.1. The first-order valence-corrected chi connectivity index (χ1v) is 9.80. The van der Waals surface area contributed by atoms with Crippen LogP contribution in [0.1, 0.15) is 18.9 Å². The van der Waals surface area contributed by atoms with E-state index >= 15 is 0 Å². The summed E-state index contributed by atoms with van der Waals surface area (Å²) in [5, 5.41) is 2.68. The van der Waals surface area contributed by atoms with Gasteiger partial charge in [0.05, 0.1) is 11.7 Å². The molecular weight excluding hydrogens is 350 g/mol. The van der Waals surface area contributed by atoms with E-state index < -0.39 is 16.1 Å². The highest BCUT2D eigenvalue weighted by molar-refractivity contribution is 7.89. The topological polar surface area (TPSA) is 118 Å². The second-order valence-corrected chi connectivity index (χ2v) is 8.18. The van der Waals surface area contributed by atoms with Crippen molar-refractivity contribution < 1.29 is 13.2 Å². The Balaban J connectivity index is 2.10. The third kappa shape index (κ3) is 2.79. The highest BCUT2D eigenvalue weighted by Gasteiger charge is 2.43. The molecule has 0 saturated carbocycles. The van der Waals surface area contributed by atoms with E-state index in [4.69, 9.17) is 5.73 Å². The number of amides is 1. The third-order valence-electron chi connectivity index (χ3n) is 4.09. The zero-order valence-electron chi connectivity index (χ0n) is 13.4. The molecule has 1 fully saturated rings. The number of likely N-dealkylation sites (N-methyl/N-ethyl adjacent to an activating group) is 1. The molecule has 1 aromatic heterocycles. The molecule has 2 atom stereocenters. The van der Waals surface area contributed by atoms with Gasteiger partial charge in [-0.1, -0.05) is 6.07 Å². The van der Waals surface area contributed by atoms with E-state index in [0.717, 1.165) is 11.7 Å². The molecule has 0 radical (unpaired) electrons. The molecular formula is C14H19N5O3S2. The summed E-state index contributed by atoms with van der Waals surface area (Å²) in [6, 6.07) is 2.27. The number of rotatable bonds is 4. The number of hydrogen-bond acceptors (Lipinski definition) is 7. The molecule has 10 heteroatoms. The largest absolute Gasteiger partial charge is 0.355 e. The number of aromatic nitrogens is 2. The van der Waals surface area contributed by atoms with Crippen LogP contribution in [0.5, 0.6) is 0 Å². The van der Waals surface area contributed by atoms with Crippen LogP contribution in [-0.2, 0) is 14.8 Å². The van der Waals surface area contributed by atoms with Gasteiger partial charge in [-0.2, -0.15) is 13.1 Å². The molecule has 0 spiro atoms. The first-order chi connectivity index (χ1) is 11.4. The maximum absolute atomic E-state index is 13.3. The Kier molecular flexibility index (Phi) is 4.56. The molecule has 0 unspecified atom stereocenters. The maximum Gasteiger partial charge on any atom is 0.246 e. The van der Waals surface area contributed by atoms with Crippen LogP contribution >= 0.6 is 11.7 Å². The van der Waals surface area contributed by atoms with Crippen LogP contribution in [-0.4, -0.2) is 52.6 Å². The first kappa shape index (κ1) is 17.2. The predicted molar refractivity (Wildman–Crippen MR) is 91.1 cm³/mol. The fourth-order valence-electron chi connectivity index (χ4n) is 3.00. The molecule has 130 valence electrons. The Labute approximate surface area is 144 Å². The summed E-state index contributed by atoms with van der Waals surface area (Å²) < 4.78 is 36.0. The van der Waals surface area contributed by atoms with Gasteiger partial charge in [-0.05, 0) is 31.9 Å². The van der Waals surface area contributed by atoms with E-state index in [1.165, 1.54) is 4.31 Å². The van der Waals surface area contributed by atoms with Crippen LogP contribution in [0.15, 0.2) is 17.0 Å². The van der Waals surface area contributed by atoms with Crippen LogP contribution in [0.3, 0.4) is 0 Å². The fourth-order valence-corrected chi connectivity index (χ4v) is 5.61. The van der Waals surface area contributed by atoms with Gasteiger partial charge in [0.1, 0.15) is 22.0 Å². The lowest BCUT2D eigenvalue weighted by Gasteiger charge is -2.24. The van der Waals surface area contributed by atoms with Gasteiger partial charge >= 0.3 is 0 Å². The second-order valence-electron chi connectivity index (χ2n) is 5.82. The number of benzene rings is 1. The van der Waals surface area contributed by atoms with Gasteiger partial charge in [-0.25, -0.2) is 8.42 Å². The molecule has 1 aliphatic heterocycles. The van der Waals surface area contributed by atoms with Crippen molar-refractivity contribution in [3.63, 3.8) is 0 Å². The Bertz CT molecular complexity index is 880. The number of aryl methyl sites for hydroxylation is 1. The molecule has 0 bridgehead atoms. The van der Waals surface area contributed by atoms with Gasteiger partial charge < -0.3 is 11.1 Å². The van der Waals surface area contributed by atoms with Gasteiger partial charge in [0, 0.05) is 19.1 Å². The van der Waals surface area contributed by atoms with Crippen LogP contribution in [0, 0.1) is 6.92 Å². The summed E-state index contributed by atoms with van der Waals surface area (Å²) in [4.78, 5) is 12.4. The monoisotopic (exact) mass is 369 g/mol. The molecule has 2 heterocycles. The lowest BCUT2D eigenvalue weighted by atomic mass is 10.2. The van der Waals surface area contributed by atoms with Crippen molar-refractivity contribution in [3.05, 3.63) is 17.7 Å². The lowest BCUT2D eigenvalue weighted by molar-refractivity contribution is -0.124. The standard InChI is InChI=1S/C14H19N5O3S2/c1-3-16-14(20)11-6-9(15)7-19(11)24(21,22)13-8(2)4-5-10-12(13)18-23-17-10/h4-5,9,11H,3,6-7,15H2,1-2H3,(H,16,20)/t9-,11+/m1/s1. The number of fused-ring (bicyclic) bond motifs is 1. The quantitative estimate of drug-likeness (QED) is 0.796. The number of nitrogens with two attached hydrogens (primary N) is 1. The lowest BCUT2D eigenvalue weighted by Crippen LogP contribution is -2.46. The van der Waals surface area contributed by atoms with E-state index in [-0.39, 0.29) is 23.4 Å². The summed E-state index contributed by atoms with van der Waals surface area (Å²) in [5.41, 5.74) is 7.39. The number of sulfonamides is 1. The zero-order valence-corrected chi connectivity index (χ0v) is 15.0. The van der Waals surface area contributed by atoms with Gasteiger partial charge in [-0.15, -0.1) is 0 Å². The molecule has 8 nitrogen and oxygen atoms in total. The zero-order chi connectivity index (χ0) is 17.5. The van der Waals surface area contributed by atoms with Gasteiger partial charge in [0.15, 0.2) is 0 Å². The number of nitrogens with zero attached hydrogens (tertiary/aromatic N) is 3. The van der Waals surface area contributed by atoms with Gasteiger partial charge in [-0.3, -0.25) is 4.79 Å². The number of carbonyl (C=O) groups is 1. The summed E-state index contributed by atoms with van der Waals surface area (Å²) in [7, 11) is -3.91. The van der Waals surface area contributed by atoms with Crippen molar-refractivity contribution in [2.75, 3.05) is 13.1 Å². The Hall–Kier alpha value is -1.62. The Morgan fingerprint density at radius 1 is 1.46 bits per heavy atom. The predicted octanol–water partition coefficient (Wildman–Crippen LogP) is 0.226. The van der Waals surface area contributed by atoms with E-state index in [1.807, 2.05) is 0 Å². The fraction of sp³-hybridized carbons (Fsp3) is 0.500.